The van der Waals surface area contributed by atoms with Crippen molar-refractivity contribution in [2.24, 2.45) is 29.1 Å². The molecule has 200 valence electrons. The number of fused-ring (bicyclic) bond motifs is 5. The highest BCUT2D eigenvalue weighted by molar-refractivity contribution is 5.91. The van der Waals surface area contributed by atoms with Crippen LogP contribution in [0.5, 0.6) is 0 Å². The van der Waals surface area contributed by atoms with Crippen LogP contribution in [0.1, 0.15) is 62.5 Å². The molecule has 2 saturated carbocycles. The van der Waals surface area contributed by atoms with Crippen LogP contribution >= 0.6 is 0 Å². The van der Waals surface area contributed by atoms with E-state index in [4.69, 9.17) is 5.26 Å². The van der Waals surface area contributed by atoms with Crippen LogP contribution in [-0.4, -0.2) is 28.2 Å². The maximum Gasteiger partial charge on any atom is 0.155 e. The molecule has 4 aliphatic rings. The molecule has 4 aliphatic carbocycles. The quantitative estimate of drug-likeness (QED) is 0.452. The summed E-state index contributed by atoms with van der Waals surface area (Å²) in [7, 11) is 0. The number of hydrogen-bond acceptors (Lipinski definition) is 4. The van der Waals surface area contributed by atoms with Crippen LogP contribution in [-0.2, 0) is 4.79 Å². The first-order valence-corrected chi connectivity index (χ1v) is 14.4. The molecule has 0 aromatic heterocycles. The fraction of sp³-hybridized carbons (Fsp3) is 0.429. The molecular weight excluding hydrogens is 482 g/mol. The van der Waals surface area contributed by atoms with Gasteiger partial charge in [0.1, 0.15) is 5.60 Å². The Kier molecular flexibility index (Phi) is 6.69. The van der Waals surface area contributed by atoms with Crippen LogP contribution < -0.4 is 0 Å². The van der Waals surface area contributed by atoms with Gasteiger partial charge in [-0.25, -0.2) is 0 Å². The van der Waals surface area contributed by atoms with Gasteiger partial charge in [0.15, 0.2) is 5.78 Å². The van der Waals surface area contributed by atoms with Gasteiger partial charge in [0, 0.05) is 11.8 Å². The summed E-state index contributed by atoms with van der Waals surface area (Å²) in [5.41, 5.74) is 4.03. The normalized spacial score (nSPS) is 35.5. The van der Waals surface area contributed by atoms with Crippen LogP contribution in [0, 0.1) is 40.4 Å². The molecule has 0 bridgehead atoms. The van der Waals surface area contributed by atoms with Crippen molar-refractivity contribution in [3.63, 3.8) is 0 Å². The molecule has 7 atom stereocenters. The number of benzene rings is 2. The first-order chi connectivity index (χ1) is 18.9. The second kappa shape index (κ2) is 10.0. The number of nitriles is 1. The highest BCUT2D eigenvalue weighted by atomic mass is 16.3. The van der Waals surface area contributed by atoms with Crippen molar-refractivity contribution in [2.75, 3.05) is 6.61 Å². The van der Waals surface area contributed by atoms with Crippen LogP contribution in [0.25, 0.3) is 11.1 Å². The molecule has 2 aromatic carbocycles. The lowest BCUT2D eigenvalue weighted by atomic mass is 9.43. The molecule has 2 aromatic rings. The molecule has 0 saturated heterocycles. The second-order valence-corrected chi connectivity index (χ2v) is 12.3. The van der Waals surface area contributed by atoms with E-state index in [2.05, 4.69) is 43.3 Å². The number of carbonyl (C=O) groups excluding carboxylic acids is 1. The Morgan fingerprint density at radius 2 is 1.74 bits per heavy atom. The highest BCUT2D eigenvalue weighted by Crippen LogP contribution is 2.66. The summed E-state index contributed by atoms with van der Waals surface area (Å²) < 4.78 is 0. The van der Waals surface area contributed by atoms with E-state index in [0.717, 1.165) is 43.2 Å². The van der Waals surface area contributed by atoms with E-state index in [-0.39, 0.29) is 23.7 Å². The van der Waals surface area contributed by atoms with Crippen molar-refractivity contribution < 1.29 is 15.0 Å². The Hall–Kier alpha value is -3.26. The van der Waals surface area contributed by atoms with Gasteiger partial charge in [-0.3, -0.25) is 4.79 Å². The number of aliphatic hydroxyl groups is 2. The molecule has 0 heterocycles. The Labute approximate surface area is 231 Å². The predicted molar refractivity (Wildman–Crippen MR) is 153 cm³/mol. The first kappa shape index (κ1) is 26.0. The van der Waals surface area contributed by atoms with E-state index < -0.39 is 5.60 Å². The average molecular weight is 520 g/mol. The van der Waals surface area contributed by atoms with Gasteiger partial charge in [-0.1, -0.05) is 73.2 Å². The lowest BCUT2D eigenvalue weighted by molar-refractivity contribution is -0.127. The fourth-order valence-electron chi connectivity index (χ4n) is 8.61. The topological polar surface area (TPSA) is 81.3 Å². The predicted octanol–water partition coefficient (Wildman–Crippen LogP) is 6.51. The van der Waals surface area contributed by atoms with Gasteiger partial charge >= 0.3 is 0 Å². The van der Waals surface area contributed by atoms with Crippen LogP contribution in [0.15, 0.2) is 84.5 Å². The van der Waals surface area contributed by atoms with Gasteiger partial charge in [-0.05, 0) is 96.6 Å². The summed E-state index contributed by atoms with van der Waals surface area (Å²) in [4.78, 5) is 12.3. The number of carbonyl (C=O) groups is 1. The van der Waals surface area contributed by atoms with Crippen molar-refractivity contribution in [1.82, 2.24) is 0 Å². The van der Waals surface area contributed by atoms with Crippen LogP contribution in [0.3, 0.4) is 0 Å². The Morgan fingerprint density at radius 3 is 2.44 bits per heavy atom. The molecule has 39 heavy (non-hydrogen) atoms. The molecule has 2 fully saturated rings. The number of hydrogen-bond donors (Lipinski definition) is 2. The SMILES string of the molecule is C[C@]12C[C@H](c3ccc(-c4ccc(C#N)cc4)cc3)[C@H]3[C@@H](CCC4=CC(=O)CC[C@@H]43)[C@@H]1CC=CC2(O)/C=C/CO. The Morgan fingerprint density at radius 1 is 1.03 bits per heavy atom. The van der Waals surface area contributed by atoms with E-state index in [1.54, 1.807) is 6.08 Å². The number of ketones is 1. The summed E-state index contributed by atoms with van der Waals surface area (Å²) >= 11 is 0. The second-order valence-electron chi connectivity index (χ2n) is 12.3. The van der Waals surface area contributed by atoms with Gasteiger partial charge in [-0.15, -0.1) is 0 Å². The molecule has 6 rings (SSSR count). The van der Waals surface area contributed by atoms with Crippen LogP contribution in [0.4, 0.5) is 0 Å². The highest BCUT2D eigenvalue weighted by Gasteiger charge is 2.61. The third kappa shape index (κ3) is 4.33. The Balaban J connectivity index is 1.42. The maximum absolute atomic E-state index is 12.3. The minimum absolute atomic E-state index is 0.0898. The van der Waals surface area contributed by atoms with E-state index in [0.29, 0.717) is 35.7 Å². The lowest BCUT2D eigenvalue weighted by Crippen LogP contribution is -2.59. The van der Waals surface area contributed by atoms with Crippen molar-refractivity contribution in [2.45, 2.75) is 57.0 Å². The molecule has 0 spiro atoms. The molecule has 2 N–H and O–H groups in total. The zero-order valence-electron chi connectivity index (χ0n) is 22.6. The van der Waals surface area contributed by atoms with Gasteiger partial charge in [-0.2, -0.15) is 5.26 Å². The maximum atomic E-state index is 12.3. The molecule has 0 aliphatic heterocycles. The molecule has 0 radical (unpaired) electrons. The standard InChI is InChI=1S/C35H37NO3/c1-34-21-31(26-11-9-25(10-12-26)24-7-5-23(22-36)6-8-24)33-29-16-14-28(38)20-27(29)13-15-30(33)32(34)4-2-17-35(34,39)18-3-19-37/h2-3,5-12,17-18,20,29-33,37,39H,4,13-16,19,21H2,1H3/b18-3+/t29-,30-,31+,32-,33+,34-,35?/m0/s1. The number of aliphatic hydroxyl groups excluding tert-OH is 1. The average Bonchev–Trinajstić information content (AvgIpc) is 2.96. The van der Waals surface area contributed by atoms with Gasteiger partial charge in [0.2, 0.25) is 0 Å². The summed E-state index contributed by atoms with van der Waals surface area (Å²) in [6.45, 7) is 2.17. The van der Waals surface area contributed by atoms with Gasteiger partial charge in [0.25, 0.3) is 0 Å². The third-order valence-corrected chi connectivity index (χ3v) is 10.5. The van der Waals surface area contributed by atoms with Crippen LogP contribution in [0.2, 0.25) is 0 Å². The van der Waals surface area contributed by atoms with E-state index in [1.165, 1.54) is 11.1 Å². The minimum Gasteiger partial charge on any atom is -0.392 e. The number of nitrogens with zero attached hydrogens (tertiary/aromatic N) is 1. The zero-order valence-corrected chi connectivity index (χ0v) is 22.6. The van der Waals surface area contributed by atoms with Crippen molar-refractivity contribution >= 4 is 5.78 Å². The van der Waals surface area contributed by atoms with Gasteiger partial charge < -0.3 is 10.2 Å². The molecule has 0 amide bonds. The molecular formula is C35H37NO3. The number of rotatable bonds is 4. The molecule has 4 nitrogen and oxygen atoms in total. The van der Waals surface area contributed by atoms with E-state index in [1.807, 2.05) is 42.5 Å². The summed E-state index contributed by atoms with van der Waals surface area (Å²) in [6.07, 6.45) is 14.9. The van der Waals surface area contributed by atoms with Crippen molar-refractivity contribution in [1.29, 1.82) is 5.26 Å². The number of allylic oxidation sites excluding steroid dienone is 3. The lowest BCUT2D eigenvalue weighted by Gasteiger charge is -2.62. The van der Waals surface area contributed by atoms with Crippen molar-refractivity contribution in [3.05, 3.63) is 95.6 Å². The fourth-order valence-corrected chi connectivity index (χ4v) is 8.61. The minimum atomic E-state index is -1.11. The largest absolute Gasteiger partial charge is 0.392 e. The Bertz CT molecular complexity index is 1380. The van der Waals surface area contributed by atoms with Crippen molar-refractivity contribution in [3.8, 4) is 17.2 Å². The molecule has 1 unspecified atom stereocenters. The van der Waals surface area contributed by atoms with E-state index >= 15 is 0 Å². The van der Waals surface area contributed by atoms with E-state index in [9.17, 15) is 15.0 Å². The third-order valence-electron chi connectivity index (χ3n) is 10.5. The first-order valence-electron chi connectivity index (χ1n) is 14.4. The smallest absolute Gasteiger partial charge is 0.155 e. The monoisotopic (exact) mass is 519 g/mol. The summed E-state index contributed by atoms with van der Waals surface area (Å²) in [5, 5.41) is 30.7. The summed E-state index contributed by atoms with van der Waals surface area (Å²) in [5.74, 6) is 2.19. The zero-order chi connectivity index (χ0) is 27.2. The summed E-state index contributed by atoms with van der Waals surface area (Å²) in [6, 6.07) is 18.8. The molecule has 4 heteroatoms. The van der Waals surface area contributed by atoms with Gasteiger partial charge in [0.05, 0.1) is 18.2 Å².